The molecule has 2 heterocycles. The average molecular weight is 256 g/mol. The minimum Gasteiger partial charge on any atom is -0.310 e. The molecule has 1 aliphatic carbocycles. The Kier molecular flexibility index (Phi) is 3.34. The van der Waals surface area contributed by atoms with Crippen molar-refractivity contribution in [1.29, 1.82) is 0 Å². The number of nitrogens with one attached hydrogen (secondary N) is 1. The summed E-state index contributed by atoms with van der Waals surface area (Å²) in [5.74, 6) is 2.01. The van der Waals surface area contributed by atoms with E-state index in [-0.39, 0.29) is 0 Å². The van der Waals surface area contributed by atoms with Crippen LogP contribution in [0.3, 0.4) is 0 Å². The highest BCUT2D eigenvalue weighted by atomic mass is 15.1. The van der Waals surface area contributed by atoms with Crippen molar-refractivity contribution in [2.75, 3.05) is 0 Å². The van der Waals surface area contributed by atoms with Gasteiger partial charge in [-0.25, -0.2) is 9.97 Å². The lowest BCUT2D eigenvalue weighted by atomic mass is 10.2. The summed E-state index contributed by atoms with van der Waals surface area (Å²) in [5, 5.41) is 3.53. The molecule has 1 N–H and O–H groups in total. The van der Waals surface area contributed by atoms with Crippen LogP contribution in [0.1, 0.15) is 36.8 Å². The van der Waals surface area contributed by atoms with Gasteiger partial charge in [-0.15, -0.1) is 0 Å². The maximum absolute atomic E-state index is 4.71. The van der Waals surface area contributed by atoms with E-state index in [1.807, 2.05) is 12.4 Å². The zero-order valence-electron chi connectivity index (χ0n) is 11.6. The molecular weight excluding hydrogens is 236 g/mol. The van der Waals surface area contributed by atoms with Crippen LogP contribution in [0.5, 0.6) is 0 Å². The van der Waals surface area contributed by atoms with Crippen LogP contribution in [0.2, 0.25) is 0 Å². The molecule has 0 bridgehead atoms. The highest BCUT2D eigenvalue weighted by molar-refractivity contribution is 5.31. The molecule has 4 nitrogen and oxygen atoms in total. The lowest BCUT2D eigenvalue weighted by molar-refractivity contribution is 0.681. The van der Waals surface area contributed by atoms with Gasteiger partial charge < -0.3 is 5.32 Å². The molecule has 4 heteroatoms. The van der Waals surface area contributed by atoms with Gasteiger partial charge in [0.15, 0.2) is 0 Å². The highest BCUT2D eigenvalue weighted by Crippen LogP contribution is 2.20. The predicted octanol–water partition coefficient (Wildman–Crippen LogP) is 2.39. The van der Waals surface area contributed by atoms with Crippen LogP contribution in [0, 0.1) is 6.92 Å². The van der Waals surface area contributed by atoms with Crippen LogP contribution in [0.4, 0.5) is 0 Å². The van der Waals surface area contributed by atoms with Crippen molar-refractivity contribution in [3.63, 3.8) is 0 Å². The molecule has 0 aromatic carbocycles. The van der Waals surface area contributed by atoms with Crippen LogP contribution in [0.15, 0.2) is 24.5 Å². The van der Waals surface area contributed by atoms with Gasteiger partial charge in [-0.1, -0.05) is 13.0 Å². The minimum absolute atomic E-state index is 0.736. The maximum atomic E-state index is 4.71. The summed E-state index contributed by atoms with van der Waals surface area (Å²) >= 11 is 0. The number of hydrogen-bond acceptors (Lipinski definition) is 3. The average Bonchev–Trinajstić information content (AvgIpc) is 3.12. The summed E-state index contributed by atoms with van der Waals surface area (Å²) in [6.07, 6.45) is 7.36. The van der Waals surface area contributed by atoms with Gasteiger partial charge in [-0.05, 0) is 31.4 Å². The Labute approximate surface area is 113 Å². The number of nitrogens with zero attached hydrogens (tertiary/aromatic N) is 3. The van der Waals surface area contributed by atoms with Crippen LogP contribution >= 0.6 is 0 Å². The highest BCUT2D eigenvalue weighted by Gasteiger charge is 2.20. The van der Waals surface area contributed by atoms with Gasteiger partial charge in [0.2, 0.25) is 0 Å². The summed E-state index contributed by atoms with van der Waals surface area (Å²) in [5.41, 5.74) is 2.38. The molecule has 0 spiro atoms. The number of imidazole rings is 1. The molecule has 1 saturated carbocycles. The second kappa shape index (κ2) is 5.13. The first-order chi connectivity index (χ1) is 9.28. The molecular formula is C15H20N4. The third kappa shape index (κ3) is 2.68. The number of rotatable bonds is 5. The molecule has 1 aliphatic rings. The zero-order chi connectivity index (χ0) is 13.2. The van der Waals surface area contributed by atoms with Crippen molar-refractivity contribution in [1.82, 2.24) is 19.9 Å². The Balaban J connectivity index is 1.81. The van der Waals surface area contributed by atoms with Gasteiger partial charge in [0.25, 0.3) is 0 Å². The molecule has 0 amide bonds. The smallest absolute Gasteiger partial charge is 0.138 e. The van der Waals surface area contributed by atoms with Crippen LogP contribution < -0.4 is 5.32 Å². The summed E-state index contributed by atoms with van der Waals surface area (Å²) in [6, 6.07) is 4.99. The van der Waals surface area contributed by atoms with E-state index in [4.69, 9.17) is 4.98 Å². The first-order valence-corrected chi connectivity index (χ1v) is 7.00. The van der Waals surface area contributed by atoms with E-state index in [0.717, 1.165) is 36.3 Å². The normalized spacial score (nSPS) is 14.8. The maximum Gasteiger partial charge on any atom is 0.138 e. The van der Waals surface area contributed by atoms with Crippen LogP contribution in [0.25, 0.3) is 5.82 Å². The van der Waals surface area contributed by atoms with Gasteiger partial charge in [-0.3, -0.25) is 4.57 Å². The van der Waals surface area contributed by atoms with E-state index in [1.54, 1.807) is 0 Å². The van der Waals surface area contributed by atoms with E-state index in [2.05, 4.69) is 40.8 Å². The van der Waals surface area contributed by atoms with Gasteiger partial charge in [0, 0.05) is 37.1 Å². The van der Waals surface area contributed by atoms with E-state index in [1.165, 1.54) is 18.4 Å². The Bertz CT molecular complexity index is 569. The van der Waals surface area contributed by atoms with Crippen molar-refractivity contribution in [2.24, 2.45) is 0 Å². The minimum atomic E-state index is 0.736. The SMILES string of the molecule is CCc1nccn1-c1ccc(CNC2CC2)c(C)n1. The van der Waals surface area contributed by atoms with Crippen LogP contribution in [-0.4, -0.2) is 20.6 Å². The molecule has 100 valence electrons. The van der Waals surface area contributed by atoms with Gasteiger partial charge in [0.1, 0.15) is 11.6 Å². The fourth-order valence-corrected chi connectivity index (χ4v) is 2.24. The molecule has 3 rings (SSSR count). The number of hydrogen-bond donors (Lipinski definition) is 1. The molecule has 0 radical (unpaired) electrons. The predicted molar refractivity (Wildman–Crippen MR) is 75.3 cm³/mol. The van der Waals surface area contributed by atoms with Gasteiger partial charge >= 0.3 is 0 Å². The Morgan fingerprint density at radius 3 is 2.89 bits per heavy atom. The second-order valence-corrected chi connectivity index (χ2v) is 5.14. The lowest BCUT2D eigenvalue weighted by Crippen LogP contribution is -2.16. The Hall–Kier alpha value is -1.68. The Morgan fingerprint density at radius 1 is 1.37 bits per heavy atom. The fourth-order valence-electron chi connectivity index (χ4n) is 2.24. The molecule has 0 atom stereocenters. The lowest BCUT2D eigenvalue weighted by Gasteiger charge is -2.10. The monoisotopic (exact) mass is 256 g/mol. The quantitative estimate of drug-likeness (QED) is 0.893. The third-order valence-electron chi connectivity index (χ3n) is 3.62. The standard InChI is InChI=1S/C15H20N4/c1-3-14-16-8-9-19(14)15-7-4-12(11(2)18-15)10-17-13-5-6-13/h4,7-9,13,17H,3,5-6,10H2,1-2H3. The van der Waals surface area contributed by atoms with E-state index >= 15 is 0 Å². The van der Waals surface area contributed by atoms with Crippen molar-refractivity contribution in [2.45, 2.75) is 45.7 Å². The van der Waals surface area contributed by atoms with Crippen LogP contribution in [-0.2, 0) is 13.0 Å². The molecule has 19 heavy (non-hydrogen) atoms. The molecule has 2 aromatic heterocycles. The Morgan fingerprint density at radius 2 is 2.21 bits per heavy atom. The number of aryl methyl sites for hydroxylation is 2. The van der Waals surface area contributed by atoms with Gasteiger partial charge in [-0.2, -0.15) is 0 Å². The zero-order valence-corrected chi connectivity index (χ0v) is 11.6. The second-order valence-electron chi connectivity index (χ2n) is 5.14. The van der Waals surface area contributed by atoms with Gasteiger partial charge in [0.05, 0.1) is 0 Å². The van der Waals surface area contributed by atoms with E-state index in [9.17, 15) is 0 Å². The number of aromatic nitrogens is 3. The first kappa shape index (κ1) is 12.4. The molecule has 2 aromatic rings. The summed E-state index contributed by atoms with van der Waals surface area (Å²) in [4.78, 5) is 9.05. The van der Waals surface area contributed by atoms with Crippen molar-refractivity contribution >= 4 is 0 Å². The van der Waals surface area contributed by atoms with Crippen molar-refractivity contribution in [3.05, 3.63) is 41.6 Å². The third-order valence-corrected chi connectivity index (χ3v) is 3.62. The first-order valence-electron chi connectivity index (χ1n) is 7.00. The van der Waals surface area contributed by atoms with E-state index < -0.39 is 0 Å². The fraction of sp³-hybridized carbons (Fsp3) is 0.467. The van der Waals surface area contributed by atoms with Crippen molar-refractivity contribution < 1.29 is 0 Å². The number of pyridine rings is 1. The van der Waals surface area contributed by atoms with Crippen molar-refractivity contribution in [3.8, 4) is 5.82 Å². The molecule has 0 unspecified atom stereocenters. The molecule has 0 saturated heterocycles. The summed E-state index contributed by atoms with van der Waals surface area (Å²) in [7, 11) is 0. The molecule has 0 aliphatic heterocycles. The van der Waals surface area contributed by atoms with E-state index in [0.29, 0.717) is 0 Å². The topological polar surface area (TPSA) is 42.7 Å². The largest absolute Gasteiger partial charge is 0.310 e. The molecule has 1 fully saturated rings. The summed E-state index contributed by atoms with van der Waals surface area (Å²) in [6.45, 7) is 5.11. The summed E-state index contributed by atoms with van der Waals surface area (Å²) < 4.78 is 2.06.